The summed E-state index contributed by atoms with van der Waals surface area (Å²) in [4.78, 5) is 8.70. The highest BCUT2D eigenvalue weighted by Crippen LogP contribution is 2.33. The molecule has 108 valence electrons. The Hall–Kier alpha value is -1.79. The molecular weight excluding hydrogens is 356 g/mol. The highest BCUT2D eigenvalue weighted by Gasteiger charge is 2.12. The topological polar surface area (TPSA) is 51.5 Å². The standard InChI is InChI=1S/C14H12BrClN4O/c1-2-17-12-8-20-6-5-18-13(20)14(19-12)21-11-7-9(15)3-4-10(11)16/h3-8,17H,2H2,1H3. The van der Waals surface area contributed by atoms with Gasteiger partial charge in [-0.25, -0.2) is 4.98 Å². The highest BCUT2D eigenvalue weighted by atomic mass is 79.9. The first-order chi connectivity index (χ1) is 10.2. The van der Waals surface area contributed by atoms with Crippen LogP contribution in [0.15, 0.2) is 41.3 Å². The average Bonchev–Trinajstić information content (AvgIpc) is 2.92. The molecule has 0 radical (unpaired) electrons. The van der Waals surface area contributed by atoms with Crippen LogP contribution in [-0.2, 0) is 0 Å². The van der Waals surface area contributed by atoms with E-state index in [9.17, 15) is 0 Å². The summed E-state index contributed by atoms with van der Waals surface area (Å²) < 4.78 is 8.58. The molecule has 0 bridgehead atoms. The van der Waals surface area contributed by atoms with Crippen LogP contribution in [0.2, 0.25) is 5.02 Å². The lowest BCUT2D eigenvalue weighted by Gasteiger charge is -2.10. The molecule has 3 rings (SSSR count). The summed E-state index contributed by atoms with van der Waals surface area (Å²) >= 11 is 9.55. The molecule has 0 spiro atoms. The van der Waals surface area contributed by atoms with E-state index in [-0.39, 0.29) is 0 Å². The van der Waals surface area contributed by atoms with Gasteiger partial charge >= 0.3 is 0 Å². The van der Waals surface area contributed by atoms with E-state index in [1.54, 1.807) is 18.3 Å². The zero-order chi connectivity index (χ0) is 14.8. The second kappa shape index (κ2) is 5.91. The van der Waals surface area contributed by atoms with Crippen LogP contribution in [0.1, 0.15) is 6.92 Å². The molecule has 0 amide bonds. The zero-order valence-corrected chi connectivity index (χ0v) is 13.5. The van der Waals surface area contributed by atoms with E-state index >= 15 is 0 Å². The smallest absolute Gasteiger partial charge is 0.265 e. The van der Waals surface area contributed by atoms with Crippen molar-refractivity contribution in [2.24, 2.45) is 0 Å². The molecule has 1 N–H and O–H groups in total. The number of nitrogens with one attached hydrogen (secondary N) is 1. The minimum Gasteiger partial charge on any atom is -0.434 e. The van der Waals surface area contributed by atoms with Crippen LogP contribution in [0.25, 0.3) is 5.65 Å². The van der Waals surface area contributed by atoms with Crippen molar-refractivity contribution in [2.75, 3.05) is 11.9 Å². The molecule has 0 unspecified atom stereocenters. The van der Waals surface area contributed by atoms with E-state index in [0.717, 1.165) is 11.0 Å². The van der Waals surface area contributed by atoms with Crippen LogP contribution in [0.3, 0.4) is 0 Å². The van der Waals surface area contributed by atoms with Gasteiger partial charge in [0.25, 0.3) is 5.88 Å². The highest BCUT2D eigenvalue weighted by molar-refractivity contribution is 9.10. The van der Waals surface area contributed by atoms with E-state index in [2.05, 4.69) is 31.2 Å². The number of benzene rings is 1. The maximum Gasteiger partial charge on any atom is 0.265 e. The van der Waals surface area contributed by atoms with Gasteiger partial charge in [0.2, 0.25) is 5.65 Å². The summed E-state index contributed by atoms with van der Waals surface area (Å²) in [6.45, 7) is 2.77. The van der Waals surface area contributed by atoms with Crippen molar-refractivity contribution >= 4 is 39.0 Å². The SMILES string of the molecule is CCNc1cn2ccnc2c(Oc2cc(Br)ccc2Cl)n1. The van der Waals surface area contributed by atoms with Crippen molar-refractivity contribution in [1.82, 2.24) is 14.4 Å². The number of rotatable bonds is 4. The van der Waals surface area contributed by atoms with Crippen molar-refractivity contribution in [3.8, 4) is 11.6 Å². The lowest BCUT2D eigenvalue weighted by molar-refractivity contribution is 0.465. The number of imidazole rings is 1. The molecule has 0 saturated carbocycles. The minimum absolute atomic E-state index is 0.401. The first kappa shape index (κ1) is 14.2. The van der Waals surface area contributed by atoms with E-state index in [4.69, 9.17) is 16.3 Å². The number of aromatic nitrogens is 3. The van der Waals surface area contributed by atoms with Gasteiger partial charge in [-0.15, -0.1) is 0 Å². The quantitative estimate of drug-likeness (QED) is 0.744. The molecule has 0 fully saturated rings. The fourth-order valence-corrected chi connectivity index (χ4v) is 2.39. The first-order valence-electron chi connectivity index (χ1n) is 6.38. The second-order valence-electron chi connectivity index (χ2n) is 4.30. The first-order valence-corrected chi connectivity index (χ1v) is 7.55. The van der Waals surface area contributed by atoms with Gasteiger partial charge < -0.3 is 10.1 Å². The normalized spacial score (nSPS) is 10.8. The molecule has 0 aliphatic rings. The fourth-order valence-electron chi connectivity index (χ4n) is 1.90. The molecule has 2 aromatic heterocycles. The maximum absolute atomic E-state index is 6.16. The summed E-state index contributed by atoms with van der Waals surface area (Å²) in [6, 6.07) is 5.41. The summed E-state index contributed by atoms with van der Waals surface area (Å²) in [5.41, 5.74) is 0.632. The van der Waals surface area contributed by atoms with Gasteiger partial charge in [0, 0.05) is 23.4 Å². The number of halogens is 2. The molecule has 0 atom stereocenters. The van der Waals surface area contributed by atoms with Gasteiger partial charge in [-0.2, -0.15) is 4.98 Å². The lowest BCUT2D eigenvalue weighted by atomic mass is 10.3. The summed E-state index contributed by atoms with van der Waals surface area (Å²) in [5, 5.41) is 3.67. The van der Waals surface area contributed by atoms with Crippen molar-refractivity contribution in [3.05, 3.63) is 46.3 Å². The number of fused-ring (bicyclic) bond motifs is 1. The largest absolute Gasteiger partial charge is 0.434 e. The van der Waals surface area contributed by atoms with Gasteiger partial charge in [-0.05, 0) is 25.1 Å². The predicted molar refractivity (Wildman–Crippen MR) is 86.4 cm³/mol. The van der Waals surface area contributed by atoms with Crippen LogP contribution < -0.4 is 10.1 Å². The van der Waals surface area contributed by atoms with E-state index in [1.165, 1.54) is 0 Å². The number of hydrogen-bond donors (Lipinski definition) is 1. The molecule has 21 heavy (non-hydrogen) atoms. The maximum atomic E-state index is 6.16. The third-order valence-corrected chi connectivity index (χ3v) is 3.61. The lowest BCUT2D eigenvalue weighted by Crippen LogP contribution is -2.03. The average molecular weight is 368 g/mol. The predicted octanol–water partition coefficient (Wildman–Crippen LogP) is 4.37. The molecule has 0 saturated heterocycles. The molecule has 1 aromatic carbocycles. The Labute approximate surface area is 135 Å². The number of anilines is 1. The third-order valence-electron chi connectivity index (χ3n) is 2.80. The van der Waals surface area contributed by atoms with Gasteiger partial charge in [-0.3, -0.25) is 4.40 Å². The second-order valence-corrected chi connectivity index (χ2v) is 5.62. The number of hydrogen-bond acceptors (Lipinski definition) is 4. The van der Waals surface area contributed by atoms with Crippen LogP contribution in [0.5, 0.6) is 11.6 Å². The number of ether oxygens (including phenoxy) is 1. The Morgan fingerprint density at radius 1 is 1.43 bits per heavy atom. The van der Waals surface area contributed by atoms with Gasteiger partial charge in [-0.1, -0.05) is 27.5 Å². The van der Waals surface area contributed by atoms with Gasteiger partial charge in [0.05, 0.1) is 11.2 Å². The van der Waals surface area contributed by atoms with Crippen LogP contribution in [0, 0.1) is 0 Å². The van der Waals surface area contributed by atoms with Crippen molar-refractivity contribution in [2.45, 2.75) is 6.92 Å². The molecule has 7 heteroatoms. The molecule has 5 nitrogen and oxygen atoms in total. The monoisotopic (exact) mass is 366 g/mol. The van der Waals surface area contributed by atoms with Crippen molar-refractivity contribution < 1.29 is 4.74 Å². The number of nitrogens with zero attached hydrogens (tertiary/aromatic N) is 3. The summed E-state index contributed by atoms with van der Waals surface area (Å²) in [6.07, 6.45) is 5.40. The van der Waals surface area contributed by atoms with Crippen molar-refractivity contribution in [1.29, 1.82) is 0 Å². The summed E-state index contributed by atoms with van der Waals surface area (Å²) in [5.74, 6) is 1.64. The van der Waals surface area contributed by atoms with E-state index < -0.39 is 0 Å². The van der Waals surface area contributed by atoms with Gasteiger partial charge in [0.1, 0.15) is 11.6 Å². The van der Waals surface area contributed by atoms with Crippen molar-refractivity contribution in [3.63, 3.8) is 0 Å². The van der Waals surface area contributed by atoms with E-state index in [1.807, 2.05) is 29.8 Å². The molecule has 2 heterocycles. The Bertz CT molecular complexity index is 790. The zero-order valence-electron chi connectivity index (χ0n) is 11.2. The Balaban J connectivity index is 2.06. The third kappa shape index (κ3) is 2.96. The van der Waals surface area contributed by atoms with Crippen LogP contribution >= 0.6 is 27.5 Å². The Morgan fingerprint density at radius 3 is 3.10 bits per heavy atom. The van der Waals surface area contributed by atoms with Gasteiger partial charge in [0.15, 0.2) is 0 Å². The summed E-state index contributed by atoms with van der Waals surface area (Å²) in [7, 11) is 0. The van der Waals surface area contributed by atoms with Crippen LogP contribution in [-0.4, -0.2) is 20.9 Å². The van der Waals surface area contributed by atoms with E-state index in [0.29, 0.717) is 28.1 Å². The fraction of sp³-hybridized carbons (Fsp3) is 0.143. The Morgan fingerprint density at radius 2 is 2.29 bits per heavy atom. The molecule has 0 aliphatic carbocycles. The Kier molecular flexibility index (Phi) is 3.98. The minimum atomic E-state index is 0.401. The molecule has 3 aromatic rings. The van der Waals surface area contributed by atoms with Crippen LogP contribution in [0.4, 0.5) is 5.82 Å². The molecular formula is C14H12BrClN4O. The molecule has 0 aliphatic heterocycles.